The van der Waals surface area contributed by atoms with Crippen molar-refractivity contribution in [3.05, 3.63) is 60.7 Å². The van der Waals surface area contributed by atoms with E-state index in [4.69, 9.17) is 0 Å². The van der Waals surface area contributed by atoms with Crippen molar-refractivity contribution in [3.8, 4) is 0 Å². The van der Waals surface area contributed by atoms with E-state index in [1.807, 2.05) is 23.5 Å². The Hall–Kier alpha value is -0.900. The lowest BCUT2D eigenvalue weighted by Crippen LogP contribution is -2.34. The molecule has 0 aliphatic carbocycles. The molecule has 124 valence electrons. The van der Waals surface area contributed by atoms with Crippen molar-refractivity contribution in [2.24, 2.45) is 0 Å². The number of hydrogen-bond acceptors (Lipinski definition) is 3. The van der Waals surface area contributed by atoms with Crippen LogP contribution in [0.1, 0.15) is 27.2 Å². The lowest BCUT2D eigenvalue weighted by Gasteiger charge is -2.29. The molecule has 0 amide bonds. The van der Waals surface area contributed by atoms with Crippen LogP contribution in [0, 0.1) is 0 Å². The summed E-state index contributed by atoms with van der Waals surface area (Å²) in [6, 6.07) is 22.1. The summed E-state index contributed by atoms with van der Waals surface area (Å²) in [6.45, 7) is 9.11. The predicted octanol–water partition coefficient (Wildman–Crippen LogP) is 6.02. The van der Waals surface area contributed by atoms with Crippen molar-refractivity contribution in [1.29, 1.82) is 0 Å². The minimum absolute atomic E-state index is 0.524. The summed E-state index contributed by atoms with van der Waals surface area (Å²) in [5.41, 5.74) is 0. The molecule has 0 fully saturated rings. The van der Waals surface area contributed by atoms with Crippen LogP contribution in [0.2, 0.25) is 0 Å². The van der Waals surface area contributed by atoms with Crippen molar-refractivity contribution in [2.45, 2.75) is 47.6 Å². The average molecular weight is 346 g/mol. The van der Waals surface area contributed by atoms with Crippen molar-refractivity contribution < 1.29 is 0 Å². The van der Waals surface area contributed by atoms with Gasteiger partial charge in [0.05, 0.1) is 4.58 Å². The number of rotatable bonds is 9. The van der Waals surface area contributed by atoms with Crippen LogP contribution in [-0.2, 0) is 0 Å². The highest BCUT2D eigenvalue weighted by Gasteiger charge is 2.19. The van der Waals surface area contributed by atoms with Crippen molar-refractivity contribution in [1.82, 2.24) is 4.90 Å². The van der Waals surface area contributed by atoms with Gasteiger partial charge in [-0.05, 0) is 50.7 Å². The maximum atomic E-state index is 2.55. The van der Waals surface area contributed by atoms with Crippen LogP contribution in [-0.4, -0.2) is 28.6 Å². The molecule has 0 N–H and O–H groups in total. The largest absolute Gasteiger partial charge is 0.301 e. The van der Waals surface area contributed by atoms with Gasteiger partial charge in [0.2, 0.25) is 0 Å². The predicted molar refractivity (Wildman–Crippen MR) is 105 cm³/mol. The monoisotopic (exact) mass is 345 g/mol. The van der Waals surface area contributed by atoms with Gasteiger partial charge in [-0.1, -0.05) is 50.2 Å². The third-order valence-corrected chi connectivity index (χ3v) is 6.57. The molecule has 2 rings (SSSR count). The molecule has 0 saturated heterocycles. The van der Waals surface area contributed by atoms with E-state index in [1.165, 1.54) is 16.2 Å². The van der Waals surface area contributed by atoms with Crippen molar-refractivity contribution in [3.63, 3.8) is 0 Å². The summed E-state index contributed by atoms with van der Waals surface area (Å²) in [5.74, 6) is 0. The Balaban J connectivity index is 2.07. The molecule has 0 bridgehead atoms. The summed E-state index contributed by atoms with van der Waals surface area (Å²) in [5, 5.41) is 0. The third kappa shape index (κ3) is 6.25. The number of benzene rings is 2. The van der Waals surface area contributed by atoms with Gasteiger partial charge in [0.25, 0.3) is 0 Å². The molecule has 0 aliphatic rings. The van der Waals surface area contributed by atoms with E-state index in [-0.39, 0.29) is 0 Å². The van der Waals surface area contributed by atoms with E-state index in [2.05, 4.69) is 86.3 Å². The zero-order chi connectivity index (χ0) is 16.5. The summed E-state index contributed by atoms with van der Waals surface area (Å²) in [7, 11) is 0. The summed E-state index contributed by atoms with van der Waals surface area (Å²) >= 11 is 3.97. The molecule has 2 aromatic carbocycles. The molecule has 1 nitrogen and oxygen atoms in total. The second-order valence-corrected chi connectivity index (χ2v) is 8.45. The van der Waals surface area contributed by atoms with E-state index in [0.29, 0.717) is 10.6 Å². The van der Waals surface area contributed by atoms with Crippen LogP contribution in [0.5, 0.6) is 0 Å². The number of nitrogens with zero attached hydrogens (tertiary/aromatic N) is 1. The van der Waals surface area contributed by atoms with Gasteiger partial charge in [-0.25, -0.2) is 0 Å². The minimum atomic E-state index is 0.524. The Morgan fingerprint density at radius 2 is 1.22 bits per heavy atom. The molecule has 0 aromatic heterocycles. The first-order chi connectivity index (χ1) is 11.2. The van der Waals surface area contributed by atoms with E-state index in [9.17, 15) is 0 Å². The summed E-state index contributed by atoms with van der Waals surface area (Å²) < 4.78 is 0.524. The van der Waals surface area contributed by atoms with Crippen molar-refractivity contribution in [2.75, 3.05) is 13.1 Å². The van der Waals surface area contributed by atoms with Crippen LogP contribution in [0.15, 0.2) is 70.5 Å². The molecule has 3 heteroatoms. The fourth-order valence-corrected chi connectivity index (χ4v) is 5.54. The van der Waals surface area contributed by atoms with Crippen LogP contribution in [0.4, 0.5) is 0 Å². The topological polar surface area (TPSA) is 3.24 Å². The Kier molecular flexibility index (Phi) is 8.07. The molecule has 1 unspecified atom stereocenters. The lowest BCUT2D eigenvalue weighted by molar-refractivity contribution is 0.225. The molecule has 0 aliphatic heterocycles. The highest BCUT2D eigenvalue weighted by atomic mass is 32.2. The van der Waals surface area contributed by atoms with Gasteiger partial charge >= 0.3 is 0 Å². The Bertz CT molecular complexity index is 499. The molecule has 0 saturated carbocycles. The highest BCUT2D eigenvalue weighted by Crippen LogP contribution is 2.38. The Labute approximate surface area is 149 Å². The Morgan fingerprint density at radius 3 is 1.61 bits per heavy atom. The van der Waals surface area contributed by atoms with E-state index in [0.717, 1.165) is 13.1 Å². The standard InChI is InChI=1S/C20H27NS2/c1-4-21(5-2)17(3)16-20(22-18-12-8-6-9-13-18)23-19-14-10-7-11-15-19/h6-15,17,20H,4-5,16H2,1-3H3. The molecular weight excluding hydrogens is 318 g/mol. The number of hydrogen-bond donors (Lipinski definition) is 0. The maximum Gasteiger partial charge on any atom is 0.0611 e. The van der Waals surface area contributed by atoms with Gasteiger partial charge < -0.3 is 4.90 Å². The summed E-state index contributed by atoms with van der Waals surface area (Å²) in [4.78, 5) is 5.25. The lowest BCUT2D eigenvalue weighted by atomic mass is 10.2. The second kappa shape index (κ2) is 10.1. The summed E-state index contributed by atoms with van der Waals surface area (Å²) in [6.07, 6.45) is 1.18. The molecule has 0 heterocycles. The number of thioether (sulfide) groups is 2. The van der Waals surface area contributed by atoms with Gasteiger partial charge in [0.15, 0.2) is 0 Å². The van der Waals surface area contributed by atoms with Crippen LogP contribution in [0.25, 0.3) is 0 Å². The third-order valence-electron chi connectivity index (χ3n) is 3.99. The first kappa shape index (κ1) is 18.4. The second-order valence-electron chi connectivity index (χ2n) is 5.60. The maximum absolute atomic E-state index is 2.55. The van der Waals surface area contributed by atoms with Gasteiger partial charge in [-0.3, -0.25) is 0 Å². The van der Waals surface area contributed by atoms with Gasteiger partial charge in [0.1, 0.15) is 0 Å². The fraction of sp³-hybridized carbons (Fsp3) is 0.400. The quantitative estimate of drug-likeness (QED) is 0.404. The fourth-order valence-electron chi connectivity index (χ4n) is 2.70. The van der Waals surface area contributed by atoms with E-state index in [1.54, 1.807) is 0 Å². The van der Waals surface area contributed by atoms with E-state index >= 15 is 0 Å². The van der Waals surface area contributed by atoms with Gasteiger partial charge in [-0.2, -0.15) is 0 Å². The van der Waals surface area contributed by atoms with Crippen molar-refractivity contribution >= 4 is 23.5 Å². The first-order valence-electron chi connectivity index (χ1n) is 8.40. The molecule has 0 spiro atoms. The normalized spacial score (nSPS) is 12.7. The smallest absolute Gasteiger partial charge is 0.0611 e. The van der Waals surface area contributed by atoms with Crippen LogP contribution < -0.4 is 0 Å². The molecule has 23 heavy (non-hydrogen) atoms. The van der Waals surface area contributed by atoms with Gasteiger partial charge in [-0.15, -0.1) is 23.5 Å². The first-order valence-corrected chi connectivity index (χ1v) is 10.2. The zero-order valence-corrected chi connectivity index (χ0v) is 15.9. The van der Waals surface area contributed by atoms with E-state index < -0.39 is 0 Å². The Morgan fingerprint density at radius 1 is 0.783 bits per heavy atom. The molecule has 1 atom stereocenters. The molecule has 2 aromatic rings. The van der Waals surface area contributed by atoms with Gasteiger partial charge in [0, 0.05) is 15.8 Å². The van der Waals surface area contributed by atoms with Crippen LogP contribution >= 0.6 is 23.5 Å². The minimum Gasteiger partial charge on any atom is -0.301 e. The zero-order valence-electron chi connectivity index (χ0n) is 14.3. The SMILES string of the molecule is CCN(CC)C(C)CC(Sc1ccccc1)Sc1ccccc1. The average Bonchev–Trinajstić information content (AvgIpc) is 2.57. The van der Waals surface area contributed by atoms with Crippen LogP contribution in [0.3, 0.4) is 0 Å². The molecule has 0 radical (unpaired) electrons. The highest BCUT2D eigenvalue weighted by molar-refractivity contribution is 8.17. The molecular formula is C20H27NS2.